The molecule has 20 heavy (non-hydrogen) atoms. The van der Waals surface area contributed by atoms with Crippen molar-refractivity contribution >= 4 is 18.0 Å². The second-order valence-electron chi connectivity index (χ2n) is 4.66. The van der Waals surface area contributed by atoms with Crippen LogP contribution in [-0.2, 0) is 9.53 Å². The Morgan fingerprint density at radius 1 is 1.25 bits per heavy atom. The van der Waals surface area contributed by atoms with Crippen molar-refractivity contribution in [2.24, 2.45) is 0 Å². The first-order valence-corrected chi connectivity index (χ1v) is 6.91. The van der Waals surface area contributed by atoms with Crippen LogP contribution in [0.4, 0.5) is 4.79 Å². The largest absolute Gasteiger partial charge is 0.449 e. The maximum Gasteiger partial charge on any atom is 0.414 e. The Morgan fingerprint density at radius 2 is 2.00 bits per heavy atom. The fourth-order valence-corrected chi connectivity index (χ4v) is 2.33. The topological polar surface area (TPSA) is 46.6 Å². The third-order valence-electron chi connectivity index (χ3n) is 3.40. The van der Waals surface area contributed by atoms with Crippen molar-refractivity contribution in [3.8, 4) is 0 Å². The maximum absolute atomic E-state index is 12.0. The van der Waals surface area contributed by atoms with E-state index in [1.807, 2.05) is 37.3 Å². The van der Waals surface area contributed by atoms with E-state index in [-0.39, 0.29) is 11.8 Å². The molecule has 0 aromatic heterocycles. The molecule has 106 valence electrons. The summed E-state index contributed by atoms with van der Waals surface area (Å²) in [4.78, 5) is 25.4. The Bertz CT molecular complexity index is 536. The first-order valence-electron chi connectivity index (χ1n) is 6.91. The molecule has 4 heteroatoms. The summed E-state index contributed by atoms with van der Waals surface area (Å²) in [6.45, 7) is 3.92. The van der Waals surface area contributed by atoms with Crippen LogP contribution in [0.1, 0.15) is 43.9 Å². The lowest BCUT2D eigenvalue weighted by Crippen LogP contribution is -2.34. The number of Topliss-reactive ketones (excluding diaryl/α,β-unsaturated/α-hetero) is 1. The van der Waals surface area contributed by atoms with Gasteiger partial charge in [-0.2, -0.15) is 0 Å². The van der Waals surface area contributed by atoms with E-state index in [0.717, 1.165) is 11.1 Å². The van der Waals surface area contributed by atoms with Crippen molar-refractivity contribution in [2.45, 2.75) is 32.7 Å². The van der Waals surface area contributed by atoms with Gasteiger partial charge >= 0.3 is 6.09 Å². The summed E-state index contributed by atoms with van der Waals surface area (Å²) in [6, 6.07) is 7.53. The minimum absolute atomic E-state index is 0.134. The zero-order valence-electron chi connectivity index (χ0n) is 11.8. The van der Waals surface area contributed by atoms with Crippen LogP contribution < -0.4 is 0 Å². The van der Waals surface area contributed by atoms with E-state index in [9.17, 15) is 9.59 Å². The lowest BCUT2D eigenvalue weighted by atomic mass is 9.92. The van der Waals surface area contributed by atoms with E-state index in [4.69, 9.17) is 4.74 Å². The molecule has 0 aliphatic carbocycles. The average molecular weight is 273 g/mol. The zero-order chi connectivity index (χ0) is 14.5. The molecule has 1 heterocycles. The molecule has 1 aromatic rings. The van der Waals surface area contributed by atoms with Crippen molar-refractivity contribution < 1.29 is 14.3 Å². The van der Waals surface area contributed by atoms with Crippen LogP contribution in [-0.4, -0.2) is 23.4 Å². The minimum Gasteiger partial charge on any atom is -0.449 e. The molecule has 1 atom stereocenters. The molecule has 1 unspecified atom stereocenters. The van der Waals surface area contributed by atoms with Gasteiger partial charge in [-0.1, -0.05) is 31.2 Å². The molecule has 1 aliphatic rings. The molecule has 0 N–H and O–H groups in total. The highest BCUT2D eigenvalue weighted by atomic mass is 16.6. The third kappa shape index (κ3) is 2.90. The summed E-state index contributed by atoms with van der Waals surface area (Å²) in [7, 11) is 0. The van der Waals surface area contributed by atoms with Crippen LogP contribution in [0.15, 0.2) is 30.5 Å². The van der Waals surface area contributed by atoms with Gasteiger partial charge in [0.25, 0.3) is 0 Å². The lowest BCUT2D eigenvalue weighted by Gasteiger charge is -2.32. The Balaban J connectivity index is 2.33. The molecule has 0 saturated carbocycles. The number of fused-ring (bicyclic) bond motifs is 1. The Kier molecular flexibility index (Phi) is 4.56. The van der Waals surface area contributed by atoms with Crippen molar-refractivity contribution in [3.05, 3.63) is 41.6 Å². The molecule has 2 rings (SSSR count). The zero-order valence-corrected chi connectivity index (χ0v) is 11.8. The smallest absolute Gasteiger partial charge is 0.414 e. The normalized spacial score (nSPS) is 16.7. The summed E-state index contributed by atoms with van der Waals surface area (Å²) in [5.74, 6) is 0.134. The first-order chi connectivity index (χ1) is 9.67. The predicted octanol–water partition coefficient (Wildman–Crippen LogP) is 3.54. The lowest BCUT2D eigenvalue weighted by molar-refractivity contribution is -0.119. The average Bonchev–Trinajstić information content (AvgIpc) is 2.47. The highest BCUT2D eigenvalue weighted by molar-refractivity contribution is 5.81. The minimum atomic E-state index is -0.410. The number of carbonyl (C=O) groups is 2. The second kappa shape index (κ2) is 6.37. The van der Waals surface area contributed by atoms with Crippen molar-refractivity contribution in [1.29, 1.82) is 0 Å². The Hall–Kier alpha value is -2.10. The molecular weight excluding hydrogens is 254 g/mol. The summed E-state index contributed by atoms with van der Waals surface area (Å²) < 4.78 is 5.07. The van der Waals surface area contributed by atoms with E-state index in [0.29, 0.717) is 19.4 Å². The molecule has 0 radical (unpaired) electrons. The first kappa shape index (κ1) is 14.3. The number of hydrogen-bond acceptors (Lipinski definition) is 3. The van der Waals surface area contributed by atoms with Crippen molar-refractivity contribution in [2.75, 3.05) is 6.61 Å². The van der Waals surface area contributed by atoms with Crippen molar-refractivity contribution in [1.82, 2.24) is 4.90 Å². The highest BCUT2D eigenvalue weighted by Crippen LogP contribution is 2.33. The fourth-order valence-electron chi connectivity index (χ4n) is 2.33. The molecule has 4 nitrogen and oxygen atoms in total. The predicted molar refractivity (Wildman–Crippen MR) is 77.0 cm³/mol. The fraction of sp³-hybridized carbons (Fsp3) is 0.375. The van der Waals surface area contributed by atoms with E-state index in [1.54, 1.807) is 13.1 Å². The summed E-state index contributed by atoms with van der Waals surface area (Å²) >= 11 is 0. The van der Waals surface area contributed by atoms with Crippen LogP contribution >= 0.6 is 0 Å². The number of rotatable bonds is 4. The molecule has 1 aromatic carbocycles. The van der Waals surface area contributed by atoms with Gasteiger partial charge in [0.2, 0.25) is 0 Å². The van der Waals surface area contributed by atoms with Crippen LogP contribution in [0.2, 0.25) is 0 Å². The van der Waals surface area contributed by atoms with Gasteiger partial charge in [-0.3, -0.25) is 9.69 Å². The number of nitrogens with zero attached hydrogens (tertiary/aromatic N) is 1. The van der Waals surface area contributed by atoms with Crippen LogP contribution in [0.25, 0.3) is 6.08 Å². The van der Waals surface area contributed by atoms with E-state index < -0.39 is 6.09 Å². The van der Waals surface area contributed by atoms with Gasteiger partial charge in [-0.15, -0.1) is 0 Å². The second-order valence-corrected chi connectivity index (χ2v) is 4.66. The number of hydrogen-bond donors (Lipinski definition) is 0. The number of benzene rings is 1. The monoisotopic (exact) mass is 273 g/mol. The highest BCUT2D eigenvalue weighted by Gasteiger charge is 2.30. The van der Waals surface area contributed by atoms with Crippen molar-refractivity contribution in [3.63, 3.8) is 0 Å². The number of carbonyl (C=O) groups excluding carboxylic acids is 2. The number of amides is 1. The van der Waals surface area contributed by atoms with Crippen LogP contribution in [0, 0.1) is 0 Å². The van der Waals surface area contributed by atoms with Gasteiger partial charge in [0.05, 0.1) is 12.6 Å². The summed E-state index contributed by atoms with van der Waals surface area (Å²) in [5, 5.41) is 0. The molecule has 0 spiro atoms. The summed E-state index contributed by atoms with van der Waals surface area (Å²) in [6.07, 6.45) is 3.95. The Labute approximate surface area is 119 Å². The van der Waals surface area contributed by atoms with E-state index in [1.165, 1.54) is 4.90 Å². The van der Waals surface area contributed by atoms with E-state index >= 15 is 0 Å². The third-order valence-corrected chi connectivity index (χ3v) is 3.40. The molecular formula is C16H19NO3. The van der Waals surface area contributed by atoms with E-state index in [2.05, 4.69) is 0 Å². The van der Waals surface area contributed by atoms with Gasteiger partial charge in [0.1, 0.15) is 5.78 Å². The molecule has 1 aliphatic heterocycles. The SMILES string of the molecule is CCOC(=O)N1C=Cc2ccccc2C1CC(=O)CC. The Morgan fingerprint density at radius 3 is 2.70 bits per heavy atom. The van der Waals surface area contributed by atoms with Gasteiger partial charge < -0.3 is 4.74 Å². The van der Waals surface area contributed by atoms with Gasteiger partial charge in [-0.05, 0) is 24.1 Å². The number of ketones is 1. The van der Waals surface area contributed by atoms with Crippen LogP contribution in [0.3, 0.4) is 0 Å². The standard InChI is InChI=1S/C16H19NO3/c1-3-13(18)11-15-14-8-6-5-7-12(14)9-10-17(15)16(19)20-4-2/h5-10,15H,3-4,11H2,1-2H3. The quantitative estimate of drug-likeness (QED) is 0.843. The molecule has 0 saturated heterocycles. The van der Waals surface area contributed by atoms with Gasteiger partial charge in [-0.25, -0.2) is 4.79 Å². The molecule has 1 amide bonds. The van der Waals surface area contributed by atoms with Crippen LogP contribution in [0.5, 0.6) is 0 Å². The van der Waals surface area contributed by atoms with Gasteiger partial charge in [0, 0.05) is 19.0 Å². The molecule has 0 bridgehead atoms. The maximum atomic E-state index is 12.0. The molecule has 0 fully saturated rings. The van der Waals surface area contributed by atoms with Gasteiger partial charge in [0.15, 0.2) is 0 Å². The summed E-state index contributed by atoms with van der Waals surface area (Å²) in [5.41, 5.74) is 2.03. The number of ether oxygens (including phenoxy) is 1.